The molecule has 1 aliphatic heterocycles. The molecule has 2 aromatic carbocycles. The lowest BCUT2D eigenvalue weighted by Crippen LogP contribution is -2.41. The Morgan fingerprint density at radius 2 is 1.69 bits per heavy atom. The molecule has 1 fully saturated rings. The molecular formula is C23H27BF2O3. The predicted octanol–water partition coefficient (Wildman–Crippen LogP) is 5.27. The van der Waals surface area contributed by atoms with Gasteiger partial charge in [0.05, 0.1) is 17.3 Å². The Bertz CT molecular complexity index is 895. The standard InChI is InChI=1S/C23H27BF2O3/c1-7-8-15(2)27-21-14-18(25)9-10-20(21)16-11-17(13-19(26)12-16)24-28-22(3,4)23(5,6)29-24/h7,9-15H,1,8H2,2-6H3/t15-/m0/s1. The third kappa shape index (κ3) is 4.54. The number of benzene rings is 2. The molecule has 1 aliphatic rings. The Labute approximate surface area is 171 Å². The highest BCUT2D eigenvalue weighted by Crippen LogP contribution is 2.37. The first-order chi connectivity index (χ1) is 13.5. The van der Waals surface area contributed by atoms with Gasteiger partial charge in [0.25, 0.3) is 0 Å². The van der Waals surface area contributed by atoms with Crippen LogP contribution in [0.25, 0.3) is 11.1 Å². The van der Waals surface area contributed by atoms with Crippen LogP contribution < -0.4 is 10.2 Å². The Balaban J connectivity index is 2.00. The second-order valence-electron chi connectivity index (χ2n) is 8.45. The van der Waals surface area contributed by atoms with Gasteiger partial charge in [-0.1, -0.05) is 12.1 Å². The normalized spacial score (nSPS) is 18.5. The summed E-state index contributed by atoms with van der Waals surface area (Å²) in [7, 11) is -0.695. The predicted molar refractivity (Wildman–Crippen MR) is 112 cm³/mol. The molecule has 0 bridgehead atoms. The molecule has 0 amide bonds. The highest BCUT2D eigenvalue weighted by Gasteiger charge is 2.51. The van der Waals surface area contributed by atoms with Crippen molar-refractivity contribution < 1.29 is 22.8 Å². The van der Waals surface area contributed by atoms with E-state index in [9.17, 15) is 8.78 Å². The van der Waals surface area contributed by atoms with Crippen LogP contribution in [0.15, 0.2) is 49.1 Å². The number of hydrogen-bond acceptors (Lipinski definition) is 3. The van der Waals surface area contributed by atoms with Crippen molar-refractivity contribution in [2.24, 2.45) is 0 Å². The maximum Gasteiger partial charge on any atom is 0.494 e. The zero-order valence-corrected chi connectivity index (χ0v) is 17.6. The van der Waals surface area contributed by atoms with E-state index in [4.69, 9.17) is 14.0 Å². The first kappa shape index (κ1) is 21.5. The summed E-state index contributed by atoms with van der Waals surface area (Å²) >= 11 is 0. The summed E-state index contributed by atoms with van der Waals surface area (Å²) < 4.78 is 46.4. The van der Waals surface area contributed by atoms with Crippen molar-refractivity contribution >= 4 is 12.6 Å². The van der Waals surface area contributed by atoms with Crippen molar-refractivity contribution in [2.75, 3.05) is 0 Å². The van der Waals surface area contributed by atoms with Gasteiger partial charge in [-0.05, 0) is 69.9 Å². The molecule has 2 aromatic rings. The largest absolute Gasteiger partial charge is 0.494 e. The van der Waals surface area contributed by atoms with E-state index >= 15 is 0 Å². The Morgan fingerprint density at radius 3 is 2.31 bits per heavy atom. The third-order valence-corrected chi connectivity index (χ3v) is 5.53. The summed E-state index contributed by atoms with van der Waals surface area (Å²) in [6, 6.07) is 8.83. The van der Waals surface area contributed by atoms with Crippen LogP contribution in [0.4, 0.5) is 8.78 Å². The topological polar surface area (TPSA) is 27.7 Å². The maximum absolute atomic E-state index is 14.5. The molecule has 0 N–H and O–H groups in total. The number of rotatable bonds is 6. The highest BCUT2D eigenvalue weighted by atomic mass is 19.1. The third-order valence-electron chi connectivity index (χ3n) is 5.53. The molecule has 1 atom stereocenters. The van der Waals surface area contributed by atoms with E-state index in [1.165, 1.54) is 24.3 Å². The van der Waals surface area contributed by atoms with Gasteiger partial charge in [-0.2, -0.15) is 0 Å². The van der Waals surface area contributed by atoms with Gasteiger partial charge in [0.1, 0.15) is 17.4 Å². The van der Waals surface area contributed by atoms with Crippen LogP contribution in [0.5, 0.6) is 5.75 Å². The van der Waals surface area contributed by atoms with E-state index in [-0.39, 0.29) is 6.10 Å². The number of ether oxygens (including phenoxy) is 1. The van der Waals surface area contributed by atoms with Crippen molar-refractivity contribution in [3.05, 3.63) is 60.7 Å². The van der Waals surface area contributed by atoms with Gasteiger partial charge >= 0.3 is 7.12 Å². The Kier molecular flexibility index (Phi) is 5.88. The quantitative estimate of drug-likeness (QED) is 0.488. The molecular weight excluding hydrogens is 373 g/mol. The molecule has 1 saturated heterocycles. The molecule has 0 aliphatic carbocycles. The molecule has 0 spiro atoms. The fourth-order valence-electron chi connectivity index (χ4n) is 3.21. The minimum atomic E-state index is -0.695. The van der Waals surface area contributed by atoms with Gasteiger partial charge in [-0.15, -0.1) is 6.58 Å². The zero-order chi connectivity index (χ0) is 21.4. The van der Waals surface area contributed by atoms with Crippen molar-refractivity contribution in [1.29, 1.82) is 0 Å². The van der Waals surface area contributed by atoms with Crippen LogP contribution in [-0.2, 0) is 9.31 Å². The molecule has 154 valence electrons. The average Bonchev–Trinajstić information content (AvgIpc) is 2.82. The van der Waals surface area contributed by atoms with Gasteiger partial charge in [0, 0.05) is 18.1 Å². The second-order valence-corrected chi connectivity index (χ2v) is 8.45. The van der Waals surface area contributed by atoms with Crippen LogP contribution in [0, 0.1) is 11.6 Å². The van der Waals surface area contributed by atoms with Crippen LogP contribution in [0.3, 0.4) is 0 Å². The fraction of sp³-hybridized carbons (Fsp3) is 0.391. The van der Waals surface area contributed by atoms with Crippen LogP contribution in [0.2, 0.25) is 0 Å². The van der Waals surface area contributed by atoms with Crippen molar-refractivity contribution in [2.45, 2.75) is 58.3 Å². The SMILES string of the molecule is C=CC[C@H](C)Oc1cc(F)ccc1-c1cc(F)cc(B2OC(C)(C)C(C)(C)O2)c1. The van der Waals surface area contributed by atoms with E-state index in [1.54, 1.807) is 18.2 Å². The fourth-order valence-corrected chi connectivity index (χ4v) is 3.21. The summed E-state index contributed by atoms with van der Waals surface area (Å²) in [5.74, 6) is -0.497. The number of hydrogen-bond donors (Lipinski definition) is 0. The van der Waals surface area contributed by atoms with E-state index in [0.717, 1.165) is 0 Å². The van der Waals surface area contributed by atoms with Gasteiger partial charge in [-0.3, -0.25) is 0 Å². The smallest absolute Gasteiger partial charge is 0.490 e. The molecule has 3 nitrogen and oxygen atoms in total. The highest BCUT2D eigenvalue weighted by molar-refractivity contribution is 6.62. The van der Waals surface area contributed by atoms with Crippen LogP contribution in [0.1, 0.15) is 41.0 Å². The van der Waals surface area contributed by atoms with E-state index in [0.29, 0.717) is 28.8 Å². The monoisotopic (exact) mass is 400 g/mol. The Morgan fingerprint density at radius 1 is 1.03 bits per heavy atom. The summed E-state index contributed by atoms with van der Waals surface area (Å²) in [5.41, 5.74) is 0.659. The van der Waals surface area contributed by atoms with Crippen molar-refractivity contribution in [3.8, 4) is 16.9 Å². The Hall–Kier alpha value is -2.18. The molecule has 29 heavy (non-hydrogen) atoms. The van der Waals surface area contributed by atoms with E-state index < -0.39 is 30.0 Å². The van der Waals surface area contributed by atoms with E-state index in [1.807, 2.05) is 34.6 Å². The number of halogens is 2. The first-order valence-corrected chi connectivity index (χ1v) is 9.76. The molecule has 3 rings (SSSR count). The summed E-state index contributed by atoms with van der Waals surface area (Å²) in [5, 5.41) is 0. The summed E-state index contributed by atoms with van der Waals surface area (Å²) in [4.78, 5) is 0. The molecule has 0 unspecified atom stereocenters. The molecule has 0 saturated carbocycles. The van der Waals surface area contributed by atoms with E-state index in [2.05, 4.69) is 6.58 Å². The minimum Gasteiger partial charge on any atom is -0.490 e. The second kappa shape index (κ2) is 7.92. The van der Waals surface area contributed by atoms with Crippen molar-refractivity contribution in [1.82, 2.24) is 0 Å². The van der Waals surface area contributed by atoms with Gasteiger partial charge in [-0.25, -0.2) is 8.78 Å². The summed E-state index contributed by atoms with van der Waals surface area (Å²) in [6.07, 6.45) is 2.16. The molecule has 0 radical (unpaired) electrons. The van der Waals surface area contributed by atoms with Gasteiger partial charge < -0.3 is 14.0 Å². The lowest BCUT2D eigenvalue weighted by atomic mass is 9.77. The lowest BCUT2D eigenvalue weighted by Gasteiger charge is -2.32. The molecule has 0 aromatic heterocycles. The summed E-state index contributed by atoms with van der Waals surface area (Å²) in [6.45, 7) is 13.4. The van der Waals surface area contributed by atoms with Crippen molar-refractivity contribution in [3.63, 3.8) is 0 Å². The maximum atomic E-state index is 14.5. The average molecular weight is 400 g/mol. The zero-order valence-electron chi connectivity index (χ0n) is 17.6. The van der Waals surface area contributed by atoms with Gasteiger partial charge in [0.2, 0.25) is 0 Å². The van der Waals surface area contributed by atoms with Crippen LogP contribution in [-0.4, -0.2) is 24.4 Å². The minimum absolute atomic E-state index is 0.191. The van der Waals surface area contributed by atoms with Crippen LogP contribution >= 0.6 is 0 Å². The molecule has 1 heterocycles. The molecule has 6 heteroatoms. The first-order valence-electron chi connectivity index (χ1n) is 9.76. The lowest BCUT2D eigenvalue weighted by molar-refractivity contribution is 0.00578. The van der Waals surface area contributed by atoms with Gasteiger partial charge in [0.15, 0.2) is 0 Å².